The Balaban J connectivity index is 0.767. The lowest BCUT2D eigenvalue weighted by Gasteiger charge is -2.36. The number of halogens is 1. The summed E-state index contributed by atoms with van der Waals surface area (Å²) in [5.74, 6) is 4.12. The third kappa shape index (κ3) is 15.4. The summed E-state index contributed by atoms with van der Waals surface area (Å²) in [6.07, 6.45) is 8.05. The highest BCUT2D eigenvalue weighted by atomic mass is 32.2. The van der Waals surface area contributed by atoms with Crippen molar-refractivity contribution in [2.45, 2.75) is 153 Å². The van der Waals surface area contributed by atoms with E-state index in [2.05, 4.69) is 80.7 Å². The van der Waals surface area contributed by atoms with Crippen molar-refractivity contribution < 1.29 is 38.6 Å². The van der Waals surface area contributed by atoms with E-state index >= 15 is 0 Å². The summed E-state index contributed by atoms with van der Waals surface area (Å²) in [5, 5.41) is 43.0. The van der Waals surface area contributed by atoms with Crippen molar-refractivity contribution in [2.75, 3.05) is 25.9 Å². The van der Waals surface area contributed by atoms with Gasteiger partial charge in [-0.2, -0.15) is 0 Å². The lowest BCUT2D eigenvalue weighted by Crippen LogP contribution is -2.59. The third-order valence-corrected chi connectivity index (χ3v) is 17.3. The summed E-state index contributed by atoms with van der Waals surface area (Å²) in [5.41, 5.74) is 5.59. The minimum absolute atomic E-state index is 0.0698. The molecule has 86 heavy (non-hydrogen) atoms. The van der Waals surface area contributed by atoms with E-state index in [-0.39, 0.29) is 62.7 Å². The van der Waals surface area contributed by atoms with Gasteiger partial charge in [0.1, 0.15) is 23.2 Å². The normalized spacial score (nSPS) is 18.7. The van der Waals surface area contributed by atoms with Gasteiger partial charge in [0, 0.05) is 67.5 Å². The van der Waals surface area contributed by atoms with Gasteiger partial charge in [-0.05, 0) is 115 Å². The molecule has 6 aromatic rings. The van der Waals surface area contributed by atoms with Gasteiger partial charge in [-0.3, -0.25) is 29.4 Å². The van der Waals surface area contributed by atoms with Crippen LogP contribution in [0, 0.1) is 22.7 Å². The zero-order valence-corrected chi connectivity index (χ0v) is 50.5. The Kier molecular flexibility index (Phi) is 20.5. The molecular weight excluding hydrogens is 1110 g/mol. The van der Waals surface area contributed by atoms with Crippen molar-refractivity contribution in [1.29, 1.82) is 5.41 Å². The maximum Gasteiger partial charge on any atom is 0.258 e. The molecule has 3 aliphatic rings. The van der Waals surface area contributed by atoms with Crippen LogP contribution in [0.3, 0.4) is 0 Å². The molecule has 4 aromatic carbocycles. The van der Waals surface area contributed by atoms with E-state index in [1.54, 1.807) is 33.2 Å². The number of aliphatic hydroxyl groups is 2. The largest absolute Gasteiger partial charge is 0.393 e. The molecule has 0 radical (unpaired) electrons. The number of β-amino-alcohol motifs (C(OH)–C–C–N with tert-alkyl or cyclic N) is 1. The molecule has 3 heterocycles. The first-order valence-electron chi connectivity index (χ1n) is 30.0. The number of unbranched alkanes of at least 4 members (excludes halogenated alkanes) is 2. The van der Waals surface area contributed by atoms with Crippen LogP contribution < -0.4 is 26.8 Å². The maximum atomic E-state index is 14.8. The summed E-state index contributed by atoms with van der Waals surface area (Å²) < 4.78 is 19.0. The van der Waals surface area contributed by atoms with E-state index in [0.717, 1.165) is 74.3 Å². The number of aliphatic hydroxyl groups excluding tert-OH is 2. The van der Waals surface area contributed by atoms with Crippen molar-refractivity contribution in [3.63, 3.8) is 0 Å². The zero-order chi connectivity index (χ0) is 61.1. The van der Waals surface area contributed by atoms with E-state index in [1.165, 1.54) is 16.7 Å². The molecule has 0 spiro atoms. The molecule has 18 heteroatoms. The molecule has 3 fully saturated rings. The Bertz CT molecular complexity index is 3560. The van der Waals surface area contributed by atoms with Crippen LogP contribution >= 0.6 is 11.8 Å². The predicted molar refractivity (Wildman–Crippen MR) is 335 cm³/mol. The van der Waals surface area contributed by atoms with E-state index in [9.17, 15) is 44.0 Å². The molecule has 2 saturated carbocycles. The Morgan fingerprint density at radius 1 is 0.837 bits per heavy atom. The van der Waals surface area contributed by atoms with Gasteiger partial charge in [0.15, 0.2) is 5.67 Å². The van der Waals surface area contributed by atoms with Gasteiger partial charge < -0.3 is 45.5 Å². The summed E-state index contributed by atoms with van der Waals surface area (Å²) in [6.45, 7) is 10.3. The van der Waals surface area contributed by atoms with Gasteiger partial charge in [-0.1, -0.05) is 130 Å². The van der Waals surface area contributed by atoms with Crippen LogP contribution in [0.25, 0.3) is 38.3 Å². The number of thioether (sulfide) groups is 1. The first kappa shape index (κ1) is 62.7. The molecule has 16 nitrogen and oxygen atoms in total. The smallest absolute Gasteiger partial charge is 0.258 e. The first-order chi connectivity index (χ1) is 41.3. The highest BCUT2D eigenvalue weighted by molar-refractivity contribution is 8.07. The molecule has 0 bridgehead atoms. The van der Waals surface area contributed by atoms with Gasteiger partial charge >= 0.3 is 0 Å². The number of nitrogens with zero attached hydrogens (tertiary/aromatic N) is 4. The SMILES string of the molecule is C=C(SC)c1cccc([C@H](CC(=O)NCCCNC(=O)CCCCC#Cc2cccc(Cn3c(-c4ccccc4)c(-c4ccccc4)c4c(=N)n(C5CCC(O)CC5)cnc43)c2)NC(=O)[C@@H]2C[C@@H](O)CN2C(=O)C(NC(=O)C2(F)CC2)C(C)(C)C)c1. The van der Waals surface area contributed by atoms with Gasteiger partial charge in [-0.15, -0.1) is 11.8 Å². The number of hydrogen-bond donors (Lipinski definition) is 7. The van der Waals surface area contributed by atoms with Crippen LogP contribution in [0.4, 0.5) is 4.39 Å². The standard InChI is InChI=1S/C68H80FN9O7S/c1-44(86-5)49-26-17-27-50(38-49)54(74-64(83)55-39-53(80)42-76(55)65(84)61(67(2,3)4)75-66(85)68(69)33-34-68)40-57(82)72-36-18-35-71-56(81)28-15-7-6-10-19-45-20-16-21-46(37-45)41-77-60(48-24-13-9-14-25-48)58(47-22-11-8-12-23-47)59-62(70)78(43-73-63(59)77)51-29-31-52(79)32-30-51/h8-9,11-14,16-17,20-27,37-38,43,51-55,61,70,79-80H,1,6-7,15,18,28-36,39-42H2,2-5H3,(H,71,81)(H,72,82)(H,74,83)(H,75,85)/t51?,52?,53-,54+,55+,61?/m1/s1. The second-order valence-electron chi connectivity index (χ2n) is 24.1. The van der Waals surface area contributed by atoms with Gasteiger partial charge in [-0.25, -0.2) is 9.37 Å². The van der Waals surface area contributed by atoms with Crippen molar-refractivity contribution in [2.24, 2.45) is 5.41 Å². The second kappa shape index (κ2) is 28.1. The summed E-state index contributed by atoms with van der Waals surface area (Å²) in [4.78, 5) is 74.7. The van der Waals surface area contributed by atoms with Crippen molar-refractivity contribution >= 4 is 57.2 Å². The van der Waals surface area contributed by atoms with Gasteiger partial charge in [0.2, 0.25) is 23.6 Å². The molecule has 1 aliphatic heterocycles. The summed E-state index contributed by atoms with van der Waals surface area (Å²) in [7, 11) is 0. The minimum Gasteiger partial charge on any atom is -0.393 e. The average molecular weight is 1190 g/mol. The molecule has 4 atom stereocenters. The zero-order valence-electron chi connectivity index (χ0n) is 49.7. The van der Waals surface area contributed by atoms with Gasteiger partial charge in [0.25, 0.3) is 5.91 Å². The molecule has 1 saturated heterocycles. The van der Waals surface area contributed by atoms with Crippen LogP contribution in [0.1, 0.15) is 139 Å². The fraction of sp³-hybridized carbons (Fsp3) is 0.426. The number of rotatable bonds is 23. The first-order valence-corrected chi connectivity index (χ1v) is 31.2. The monoisotopic (exact) mass is 1190 g/mol. The number of hydrogen-bond acceptors (Lipinski definition) is 10. The molecule has 2 aliphatic carbocycles. The predicted octanol–water partition coefficient (Wildman–Crippen LogP) is 9.29. The Morgan fingerprint density at radius 3 is 2.21 bits per heavy atom. The molecule has 1 unspecified atom stereocenters. The molecular formula is C68H80FN9O7S. The Labute approximate surface area is 507 Å². The second-order valence-corrected chi connectivity index (χ2v) is 25.0. The quantitative estimate of drug-likeness (QED) is 0.0240. The Hall–Kier alpha value is -7.85. The van der Waals surface area contributed by atoms with Crippen LogP contribution in [-0.2, 0) is 30.5 Å². The highest BCUT2D eigenvalue weighted by Gasteiger charge is 2.53. The van der Waals surface area contributed by atoms with Crippen LogP contribution in [0.5, 0.6) is 0 Å². The van der Waals surface area contributed by atoms with E-state index in [1.807, 2.05) is 77.6 Å². The highest BCUT2D eigenvalue weighted by Crippen LogP contribution is 2.42. The lowest BCUT2D eigenvalue weighted by molar-refractivity contribution is -0.145. The summed E-state index contributed by atoms with van der Waals surface area (Å²) >= 11 is 1.46. The van der Waals surface area contributed by atoms with E-state index < -0.39 is 53.0 Å². The number of benzene rings is 4. The van der Waals surface area contributed by atoms with Crippen molar-refractivity contribution in [3.8, 4) is 34.2 Å². The molecule has 7 N–H and O–H groups in total. The number of carbonyl (C=O) groups excluding carboxylic acids is 5. The van der Waals surface area contributed by atoms with Crippen molar-refractivity contribution in [1.82, 2.24) is 40.3 Å². The third-order valence-electron chi connectivity index (χ3n) is 16.6. The average Bonchev–Trinajstić information content (AvgIpc) is 1.70. The Morgan fingerprint density at radius 2 is 1.52 bits per heavy atom. The van der Waals surface area contributed by atoms with E-state index in [0.29, 0.717) is 62.7 Å². The number of fused-ring (bicyclic) bond motifs is 1. The topological polar surface area (TPSA) is 224 Å². The number of nitrogens with one attached hydrogen (secondary N) is 5. The van der Waals surface area contributed by atoms with Crippen molar-refractivity contribution in [3.05, 3.63) is 150 Å². The molecule has 5 amide bonds. The fourth-order valence-corrected chi connectivity index (χ4v) is 11.9. The number of carbonyl (C=O) groups is 5. The minimum atomic E-state index is -2.02. The van der Waals surface area contributed by atoms with E-state index in [4.69, 9.17) is 4.98 Å². The van der Waals surface area contributed by atoms with Gasteiger partial charge in [0.05, 0.1) is 42.1 Å². The number of alkyl halides is 1. The summed E-state index contributed by atoms with van der Waals surface area (Å²) in [6, 6.07) is 33.0. The molecule has 9 rings (SSSR count). The lowest BCUT2D eigenvalue weighted by atomic mass is 9.85. The van der Waals surface area contributed by atoms with Crippen LogP contribution in [0.2, 0.25) is 0 Å². The number of amides is 5. The molecule has 452 valence electrons. The van der Waals surface area contributed by atoms with Crippen LogP contribution in [0.15, 0.2) is 122 Å². The fourth-order valence-electron chi connectivity index (χ4n) is 11.6. The van der Waals surface area contributed by atoms with Crippen LogP contribution in [-0.4, -0.2) is 115 Å². The molecule has 2 aromatic heterocycles. The maximum absolute atomic E-state index is 14.8. The number of likely N-dealkylation sites (tertiary alicyclic amines) is 1. The number of aromatic nitrogens is 3.